The van der Waals surface area contributed by atoms with Gasteiger partial charge in [0.2, 0.25) is 5.91 Å². The van der Waals surface area contributed by atoms with Gasteiger partial charge in [-0.25, -0.2) is 4.98 Å². The molecule has 0 bridgehead atoms. The summed E-state index contributed by atoms with van der Waals surface area (Å²) in [6.07, 6.45) is 0.912. The van der Waals surface area contributed by atoms with Crippen LogP contribution < -0.4 is 9.64 Å². The quantitative estimate of drug-likeness (QED) is 0.407. The van der Waals surface area contributed by atoms with Crippen molar-refractivity contribution in [2.45, 2.75) is 11.3 Å². The largest absolute Gasteiger partial charge is 0.497 e. The van der Waals surface area contributed by atoms with Crippen molar-refractivity contribution in [3.05, 3.63) is 48.5 Å². The molecule has 9 heteroatoms. The summed E-state index contributed by atoms with van der Waals surface area (Å²) in [4.78, 5) is 23.3. The molecule has 4 rings (SSSR count). The number of methoxy groups -OCH3 is 1. The highest BCUT2D eigenvalue weighted by atomic mass is 35.5. The first-order valence-corrected chi connectivity index (χ1v) is 12.3. The number of fused-ring (bicyclic) bond motifs is 1. The second-order valence-electron chi connectivity index (χ2n) is 7.28. The summed E-state index contributed by atoms with van der Waals surface area (Å²) in [5.74, 6) is 1.27. The maximum atomic E-state index is 13.2. The number of carbonyl (C=O) groups excluding carboxylic acids is 1. The van der Waals surface area contributed by atoms with Gasteiger partial charge in [-0.2, -0.15) is 0 Å². The van der Waals surface area contributed by atoms with Crippen LogP contribution in [0.25, 0.3) is 10.2 Å². The van der Waals surface area contributed by atoms with Crippen LogP contribution >= 0.6 is 35.5 Å². The van der Waals surface area contributed by atoms with Gasteiger partial charge in [-0.05, 0) is 42.8 Å². The highest BCUT2D eigenvalue weighted by Gasteiger charge is 2.20. The lowest BCUT2D eigenvalue weighted by Gasteiger charge is -2.27. The van der Waals surface area contributed by atoms with E-state index in [-0.39, 0.29) is 18.3 Å². The molecule has 2 aromatic carbocycles. The Labute approximate surface area is 203 Å². The number of thiazole rings is 1. The number of nitrogens with zero attached hydrogens (tertiary/aromatic N) is 3. The van der Waals surface area contributed by atoms with Crippen molar-refractivity contribution in [2.75, 3.05) is 57.2 Å². The van der Waals surface area contributed by atoms with E-state index in [1.165, 1.54) is 0 Å². The Morgan fingerprint density at radius 1 is 1.19 bits per heavy atom. The SMILES string of the molecule is COc1ccc(SCC(=O)N(CCCN2CCOCC2)c2nc3ccccc3s2)cc1.Cl. The minimum absolute atomic E-state index is 0. The molecule has 6 nitrogen and oxygen atoms in total. The first-order valence-electron chi connectivity index (χ1n) is 10.5. The number of halogens is 1. The Kier molecular flexibility index (Phi) is 9.62. The van der Waals surface area contributed by atoms with Crippen LogP contribution in [0.3, 0.4) is 0 Å². The first-order chi connectivity index (χ1) is 15.2. The molecule has 1 amide bonds. The van der Waals surface area contributed by atoms with Crippen molar-refractivity contribution in [2.24, 2.45) is 0 Å². The van der Waals surface area contributed by atoms with Gasteiger partial charge in [-0.3, -0.25) is 14.6 Å². The van der Waals surface area contributed by atoms with Crippen molar-refractivity contribution in [1.82, 2.24) is 9.88 Å². The van der Waals surface area contributed by atoms with Crippen LogP contribution in [0.4, 0.5) is 5.13 Å². The topological polar surface area (TPSA) is 54.9 Å². The molecule has 0 radical (unpaired) electrons. The van der Waals surface area contributed by atoms with Gasteiger partial charge in [0.1, 0.15) is 5.75 Å². The van der Waals surface area contributed by atoms with E-state index in [9.17, 15) is 4.79 Å². The van der Waals surface area contributed by atoms with Gasteiger partial charge in [0, 0.05) is 31.1 Å². The molecule has 0 aliphatic carbocycles. The molecule has 1 aliphatic heterocycles. The van der Waals surface area contributed by atoms with Crippen LogP contribution in [0.1, 0.15) is 6.42 Å². The van der Waals surface area contributed by atoms with Gasteiger partial charge >= 0.3 is 0 Å². The number of benzene rings is 2. The molecule has 3 aromatic rings. The van der Waals surface area contributed by atoms with Crippen molar-refractivity contribution in [1.29, 1.82) is 0 Å². The van der Waals surface area contributed by atoms with Gasteiger partial charge in [-0.1, -0.05) is 23.5 Å². The summed E-state index contributed by atoms with van der Waals surface area (Å²) in [6, 6.07) is 15.8. The van der Waals surface area contributed by atoms with Gasteiger partial charge in [0.15, 0.2) is 5.13 Å². The van der Waals surface area contributed by atoms with E-state index in [1.54, 1.807) is 30.2 Å². The summed E-state index contributed by atoms with van der Waals surface area (Å²) >= 11 is 3.12. The van der Waals surface area contributed by atoms with E-state index in [0.29, 0.717) is 12.3 Å². The van der Waals surface area contributed by atoms with E-state index < -0.39 is 0 Å². The zero-order chi connectivity index (χ0) is 21.5. The fourth-order valence-electron chi connectivity index (χ4n) is 3.47. The molecule has 32 heavy (non-hydrogen) atoms. The number of ether oxygens (including phenoxy) is 2. The lowest BCUT2D eigenvalue weighted by atomic mass is 10.3. The Morgan fingerprint density at radius 2 is 1.94 bits per heavy atom. The number of rotatable bonds is 9. The summed E-state index contributed by atoms with van der Waals surface area (Å²) < 4.78 is 11.7. The Balaban J connectivity index is 0.00000289. The second-order valence-corrected chi connectivity index (χ2v) is 9.34. The van der Waals surface area contributed by atoms with Crippen LogP contribution in [0.15, 0.2) is 53.4 Å². The van der Waals surface area contributed by atoms with Crippen molar-refractivity contribution in [3.8, 4) is 5.75 Å². The third-order valence-electron chi connectivity index (χ3n) is 5.20. The highest BCUT2D eigenvalue weighted by molar-refractivity contribution is 8.00. The average Bonchev–Trinajstić information content (AvgIpc) is 3.25. The summed E-state index contributed by atoms with van der Waals surface area (Å²) in [5, 5.41) is 0.781. The Bertz CT molecular complexity index is 961. The normalized spacial score (nSPS) is 14.2. The van der Waals surface area contributed by atoms with Crippen LogP contribution in [0.5, 0.6) is 5.75 Å². The fraction of sp³-hybridized carbons (Fsp3) is 0.391. The van der Waals surface area contributed by atoms with Crippen molar-refractivity contribution < 1.29 is 14.3 Å². The molecule has 0 unspecified atom stereocenters. The zero-order valence-corrected chi connectivity index (χ0v) is 20.5. The highest BCUT2D eigenvalue weighted by Crippen LogP contribution is 2.30. The molecule has 1 aromatic heterocycles. The van der Waals surface area contributed by atoms with Gasteiger partial charge < -0.3 is 9.47 Å². The fourth-order valence-corrected chi connectivity index (χ4v) is 5.26. The minimum Gasteiger partial charge on any atom is -0.497 e. The first kappa shape index (κ1) is 24.8. The maximum Gasteiger partial charge on any atom is 0.239 e. The molecule has 0 saturated carbocycles. The van der Waals surface area contributed by atoms with Crippen LogP contribution in [0, 0.1) is 0 Å². The number of hydrogen-bond donors (Lipinski definition) is 0. The molecule has 172 valence electrons. The van der Waals surface area contributed by atoms with E-state index in [2.05, 4.69) is 11.0 Å². The predicted octanol–water partition coefficient (Wildman–Crippen LogP) is 4.57. The molecule has 1 aliphatic rings. The number of aromatic nitrogens is 1. The molecule has 1 saturated heterocycles. The number of anilines is 1. The monoisotopic (exact) mass is 493 g/mol. The second kappa shape index (κ2) is 12.4. The smallest absolute Gasteiger partial charge is 0.239 e. The molecule has 0 N–H and O–H groups in total. The van der Waals surface area contributed by atoms with Gasteiger partial charge in [0.25, 0.3) is 0 Å². The summed E-state index contributed by atoms with van der Waals surface area (Å²) in [6.45, 7) is 5.13. The molecular weight excluding hydrogens is 466 g/mol. The molecule has 0 spiro atoms. The molecular formula is C23H28ClN3O3S2. The van der Waals surface area contributed by atoms with Crippen molar-refractivity contribution >= 4 is 56.8 Å². The predicted molar refractivity (Wildman–Crippen MR) is 135 cm³/mol. The van der Waals surface area contributed by atoms with Crippen LogP contribution in [-0.4, -0.2) is 68.0 Å². The lowest BCUT2D eigenvalue weighted by molar-refractivity contribution is -0.116. The standard InChI is InChI=1S/C23H27N3O3S2.ClH/c1-28-18-7-9-19(10-8-18)30-17-22(27)26(12-4-11-25-13-15-29-16-14-25)23-24-20-5-2-3-6-21(20)31-23;/h2-3,5-10H,4,11-17H2,1H3;1H. The zero-order valence-electron chi connectivity index (χ0n) is 18.1. The minimum atomic E-state index is 0. The number of hydrogen-bond acceptors (Lipinski definition) is 7. The summed E-state index contributed by atoms with van der Waals surface area (Å²) in [7, 11) is 1.65. The third kappa shape index (κ3) is 6.59. The lowest BCUT2D eigenvalue weighted by Crippen LogP contribution is -2.39. The Morgan fingerprint density at radius 3 is 2.66 bits per heavy atom. The van der Waals surface area contributed by atoms with E-state index in [0.717, 1.165) is 65.3 Å². The van der Waals surface area contributed by atoms with E-state index >= 15 is 0 Å². The van der Waals surface area contributed by atoms with Crippen molar-refractivity contribution in [3.63, 3.8) is 0 Å². The average molecular weight is 494 g/mol. The van der Waals surface area contributed by atoms with Crippen LogP contribution in [0.2, 0.25) is 0 Å². The van der Waals surface area contributed by atoms with E-state index in [1.807, 2.05) is 47.4 Å². The molecule has 0 atom stereocenters. The number of carbonyl (C=O) groups is 1. The third-order valence-corrected chi connectivity index (χ3v) is 7.25. The number of amides is 1. The number of para-hydroxylation sites is 1. The van der Waals surface area contributed by atoms with E-state index in [4.69, 9.17) is 14.5 Å². The number of morpholine rings is 1. The maximum absolute atomic E-state index is 13.2. The van der Waals surface area contributed by atoms with Gasteiger partial charge in [-0.15, -0.1) is 24.2 Å². The summed E-state index contributed by atoms with van der Waals surface area (Å²) in [5.41, 5.74) is 0.941. The molecule has 2 heterocycles. The number of thioether (sulfide) groups is 1. The van der Waals surface area contributed by atoms with Crippen LogP contribution in [-0.2, 0) is 9.53 Å². The molecule has 1 fully saturated rings. The van der Waals surface area contributed by atoms with Gasteiger partial charge in [0.05, 0.1) is 36.3 Å². The Hall–Kier alpha value is -1.84.